The fraction of sp³-hybridized carbons (Fsp3) is 0.200. The predicted molar refractivity (Wildman–Crippen MR) is 74.8 cm³/mol. The summed E-state index contributed by atoms with van der Waals surface area (Å²) in [6.07, 6.45) is 1.47. The number of hydrogen-bond acceptors (Lipinski definition) is 4. The summed E-state index contributed by atoms with van der Waals surface area (Å²) in [6.45, 7) is 2.50. The first-order valence-electron chi connectivity index (χ1n) is 6.17. The molecule has 1 heterocycles. The molecule has 2 rings (SSSR count). The maximum atomic E-state index is 12.1. The van der Waals surface area contributed by atoms with Crippen LogP contribution in [0, 0.1) is 18.8 Å². The first kappa shape index (κ1) is 13.8. The maximum Gasteiger partial charge on any atom is 0.251 e. The molecule has 0 aliphatic heterocycles. The van der Waals surface area contributed by atoms with Gasteiger partial charge in [0, 0.05) is 17.2 Å². The molecule has 0 saturated heterocycles. The highest BCUT2D eigenvalue weighted by Crippen LogP contribution is 2.11. The second kappa shape index (κ2) is 6.55. The first-order valence-corrected chi connectivity index (χ1v) is 6.17. The van der Waals surface area contributed by atoms with Gasteiger partial charge in [0.05, 0.1) is 13.1 Å². The molecule has 0 spiro atoms. The van der Waals surface area contributed by atoms with Crippen LogP contribution in [0.4, 0.5) is 0 Å². The standard InChI is InChI=1S/C15H15N3O2/c1-11-4-5-12(3-2-7-16)9-14(11)15(19)17-10-13-6-8-20-18-13/h4-6,8-9H,7,10,16H2,1H3,(H,17,19). The lowest BCUT2D eigenvalue weighted by atomic mass is 10.0. The van der Waals surface area contributed by atoms with E-state index in [0.29, 0.717) is 24.3 Å². The van der Waals surface area contributed by atoms with Crippen molar-refractivity contribution in [1.82, 2.24) is 10.5 Å². The van der Waals surface area contributed by atoms with Crippen molar-refractivity contribution in [1.29, 1.82) is 0 Å². The van der Waals surface area contributed by atoms with Crippen molar-refractivity contribution < 1.29 is 9.32 Å². The number of carbonyl (C=O) groups excluding carboxylic acids is 1. The highest BCUT2D eigenvalue weighted by Gasteiger charge is 2.09. The highest BCUT2D eigenvalue weighted by molar-refractivity contribution is 5.95. The van der Waals surface area contributed by atoms with Gasteiger partial charge >= 0.3 is 0 Å². The molecule has 0 aliphatic rings. The molecule has 2 aromatic rings. The minimum atomic E-state index is -0.165. The first-order chi connectivity index (χ1) is 9.70. The van der Waals surface area contributed by atoms with Crippen molar-refractivity contribution in [2.45, 2.75) is 13.5 Å². The summed E-state index contributed by atoms with van der Waals surface area (Å²) in [4.78, 5) is 12.1. The average Bonchev–Trinajstić information content (AvgIpc) is 2.97. The number of aromatic nitrogens is 1. The second-order valence-electron chi connectivity index (χ2n) is 4.21. The van der Waals surface area contributed by atoms with Crippen LogP contribution in [0.25, 0.3) is 0 Å². The topological polar surface area (TPSA) is 81.2 Å². The maximum absolute atomic E-state index is 12.1. The van der Waals surface area contributed by atoms with Gasteiger partial charge in [0.1, 0.15) is 12.0 Å². The molecule has 0 unspecified atom stereocenters. The number of nitrogens with two attached hydrogens (primary N) is 1. The number of hydrogen-bond donors (Lipinski definition) is 2. The van der Waals surface area contributed by atoms with Crippen LogP contribution in [0.2, 0.25) is 0 Å². The van der Waals surface area contributed by atoms with Gasteiger partial charge in [-0.1, -0.05) is 23.1 Å². The van der Waals surface area contributed by atoms with E-state index >= 15 is 0 Å². The Bertz CT molecular complexity index is 651. The number of rotatable bonds is 3. The van der Waals surface area contributed by atoms with E-state index in [0.717, 1.165) is 11.1 Å². The normalized spacial score (nSPS) is 9.70. The molecule has 3 N–H and O–H groups in total. The molecule has 5 heteroatoms. The van der Waals surface area contributed by atoms with Gasteiger partial charge in [-0.15, -0.1) is 0 Å². The summed E-state index contributed by atoms with van der Waals surface area (Å²) in [5.74, 6) is 5.52. The van der Waals surface area contributed by atoms with Crippen LogP contribution in [-0.4, -0.2) is 17.6 Å². The zero-order valence-corrected chi connectivity index (χ0v) is 11.1. The smallest absolute Gasteiger partial charge is 0.251 e. The van der Waals surface area contributed by atoms with Crippen LogP contribution in [0.3, 0.4) is 0 Å². The van der Waals surface area contributed by atoms with Gasteiger partial charge in [-0.25, -0.2) is 0 Å². The van der Waals surface area contributed by atoms with Crippen LogP contribution in [0.1, 0.15) is 27.2 Å². The van der Waals surface area contributed by atoms with E-state index < -0.39 is 0 Å². The molecule has 1 aromatic carbocycles. The Balaban J connectivity index is 2.12. The summed E-state index contributed by atoms with van der Waals surface area (Å²) in [5, 5.41) is 6.53. The van der Waals surface area contributed by atoms with Crippen molar-refractivity contribution in [2.75, 3.05) is 6.54 Å². The Morgan fingerprint density at radius 1 is 1.45 bits per heavy atom. The van der Waals surface area contributed by atoms with E-state index in [1.807, 2.05) is 19.1 Å². The molecule has 1 aromatic heterocycles. The van der Waals surface area contributed by atoms with Crippen molar-refractivity contribution in [3.63, 3.8) is 0 Å². The van der Waals surface area contributed by atoms with Crippen LogP contribution in [0.5, 0.6) is 0 Å². The van der Waals surface area contributed by atoms with Crippen LogP contribution >= 0.6 is 0 Å². The van der Waals surface area contributed by atoms with Gasteiger partial charge in [-0.3, -0.25) is 4.79 Å². The number of benzene rings is 1. The average molecular weight is 269 g/mol. The molecule has 20 heavy (non-hydrogen) atoms. The summed E-state index contributed by atoms with van der Waals surface area (Å²) in [5.41, 5.74) is 8.27. The minimum absolute atomic E-state index is 0.165. The lowest BCUT2D eigenvalue weighted by Crippen LogP contribution is -2.23. The lowest BCUT2D eigenvalue weighted by molar-refractivity contribution is 0.0949. The van der Waals surface area contributed by atoms with Gasteiger partial charge in [-0.2, -0.15) is 0 Å². The van der Waals surface area contributed by atoms with E-state index in [2.05, 4.69) is 22.3 Å². The number of aryl methyl sites for hydroxylation is 1. The molecule has 0 atom stereocenters. The Morgan fingerprint density at radius 3 is 3.00 bits per heavy atom. The number of carbonyl (C=O) groups is 1. The summed E-state index contributed by atoms with van der Waals surface area (Å²) in [6, 6.07) is 7.20. The third kappa shape index (κ3) is 3.46. The monoisotopic (exact) mass is 269 g/mol. The van der Waals surface area contributed by atoms with Gasteiger partial charge in [-0.05, 0) is 24.6 Å². The van der Waals surface area contributed by atoms with E-state index in [9.17, 15) is 4.79 Å². The Kier molecular flexibility index (Phi) is 4.53. The molecule has 5 nitrogen and oxygen atoms in total. The second-order valence-corrected chi connectivity index (χ2v) is 4.21. The molecule has 1 amide bonds. The van der Waals surface area contributed by atoms with Crippen LogP contribution in [0.15, 0.2) is 35.1 Å². The van der Waals surface area contributed by atoms with E-state index in [4.69, 9.17) is 10.3 Å². The Morgan fingerprint density at radius 2 is 2.30 bits per heavy atom. The number of amides is 1. The van der Waals surface area contributed by atoms with Gasteiger partial charge in [0.2, 0.25) is 0 Å². The fourth-order valence-corrected chi connectivity index (χ4v) is 1.69. The third-order valence-corrected chi connectivity index (χ3v) is 2.74. The Hall–Kier alpha value is -2.58. The van der Waals surface area contributed by atoms with Gasteiger partial charge < -0.3 is 15.6 Å². The molecular formula is C15H15N3O2. The van der Waals surface area contributed by atoms with Crippen molar-refractivity contribution >= 4 is 5.91 Å². The number of nitrogens with one attached hydrogen (secondary N) is 1. The zero-order chi connectivity index (χ0) is 14.4. The molecule has 0 radical (unpaired) electrons. The van der Waals surface area contributed by atoms with Crippen molar-refractivity contribution in [3.05, 3.63) is 52.9 Å². The zero-order valence-electron chi connectivity index (χ0n) is 11.1. The summed E-state index contributed by atoms with van der Waals surface area (Å²) >= 11 is 0. The van der Waals surface area contributed by atoms with E-state index in [1.165, 1.54) is 6.26 Å². The summed E-state index contributed by atoms with van der Waals surface area (Å²) < 4.78 is 4.71. The van der Waals surface area contributed by atoms with E-state index in [1.54, 1.807) is 12.1 Å². The molecule has 0 aliphatic carbocycles. The van der Waals surface area contributed by atoms with Crippen molar-refractivity contribution in [2.24, 2.45) is 5.73 Å². The van der Waals surface area contributed by atoms with Crippen molar-refractivity contribution in [3.8, 4) is 11.8 Å². The van der Waals surface area contributed by atoms with Crippen LogP contribution in [-0.2, 0) is 6.54 Å². The summed E-state index contributed by atoms with van der Waals surface area (Å²) in [7, 11) is 0. The highest BCUT2D eigenvalue weighted by atomic mass is 16.5. The quantitative estimate of drug-likeness (QED) is 0.821. The SMILES string of the molecule is Cc1ccc(C#CCN)cc1C(=O)NCc1ccon1. The predicted octanol–water partition coefficient (Wildman–Crippen LogP) is 1.22. The molecule has 0 saturated carbocycles. The molecular weight excluding hydrogens is 254 g/mol. The number of nitrogens with zero attached hydrogens (tertiary/aromatic N) is 1. The largest absolute Gasteiger partial charge is 0.364 e. The molecule has 0 fully saturated rings. The van der Waals surface area contributed by atoms with Gasteiger partial charge in [0.25, 0.3) is 5.91 Å². The van der Waals surface area contributed by atoms with E-state index in [-0.39, 0.29) is 5.91 Å². The van der Waals surface area contributed by atoms with Gasteiger partial charge in [0.15, 0.2) is 0 Å². The third-order valence-electron chi connectivity index (χ3n) is 2.74. The molecule has 0 bridgehead atoms. The Labute approximate surface area is 117 Å². The minimum Gasteiger partial charge on any atom is -0.364 e. The van der Waals surface area contributed by atoms with Crippen LogP contribution < -0.4 is 11.1 Å². The fourth-order valence-electron chi connectivity index (χ4n) is 1.69. The lowest BCUT2D eigenvalue weighted by Gasteiger charge is -2.07. The molecule has 102 valence electrons.